The van der Waals surface area contributed by atoms with Crippen LogP contribution in [0.3, 0.4) is 0 Å². The molecule has 0 saturated heterocycles. The van der Waals surface area contributed by atoms with E-state index < -0.39 is 11.7 Å². The second kappa shape index (κ2) is 5.97. The average molecular weight is 342 g/mol. The van der Waals surface area contributed by atoms with Gasteiger partial charge >= 0.3 is 6.18 Å². The molecule has 1 aromatic carbocycles. The molecule has 1 rings (SSSR count). The number of alkyl halides is 3. The van der Waals surface area contributed by atoms with Crippen LogP contribution in [0.1, 0.15) is 12.5 Å². The third kappa shape index (κ3) is 3.91. The molecule has 0 fully saturated rings. The smallest absolute Gasteiger partial charge is 0.325 e. The first kappa shape index (κ1) is 15.4. The third-order valence-electron chi connectivity index (χ3n) is 2.26. The van der Waals surface area contributed by atoms with Crippen molar-refractivity contribution in [1.29, 1.82) is 0 Å². The van der Waals surface area contributed by atoms with Crippen LogP contribution in [0, 0.1) is 0 Å². The molecule has 100 valence electrons. The van der Waals surface area contributed by atoms with E-state index in [1.165, 1.54) is 23.9 Å². The Morgan fingerprint density at radius 1 is 1.44 bits per heavy atom. The number of amides is 1. The monoisotopic (exact) mass is 341 g/mol. The highest BCUT2D eigenvalue weighted by Gasteiger charge is 2.33. The van der Waals surface area contributed by atoms with E-state index in [1.807, 2.05) is 0 Å². The van der Waals surface area contributed by atoms with Gasteiger partial charge in [0.25, 0.3) is 0 Å². The second-order valence-electron chi connectivity index (χ2n) is 3.56. The number of hydrogen-bond acceptors (Lipinski definition) is 2. The predicted octanol–water partition coefficient (Wildman–Crippen LogP) is 4.16. The van der Waals surface area contributed by atoms with Crippen LogP contribution in [0.15, 0.2) is 22.7 Å². The van der Waals surface area contributed by atoms with Crippen LogP contribution in [-0.4, -0.2) is 17.4 Å². The Labute approximate surface area is 115 Å². The Bertz CT molecular complexity index is 450. The first-order valence-electron chi connectivity index (χ1n) is 4.96. The van der Waals surface area contributed by atoms with Crippen LogP contribution in [0.25, 0.3) is 0 Å². The van der Waals surface area contributed by atoms with Crippen molar-refractivity contribution >= 4 is 39.3 Å². The number of nitrogens with one attached hydrogen (secondary N) is 1. The Hall–Kier alpha value is -0.690. The van der Waals surface area contributed by atoms with Gasteiger partial charge in [0.2, 0.25) is 5.91 Å². The minimum Gasteiger partial charge on any atom is -0.325 e. The molecular formula is C11H11BrF3NOS. The Kier molecular flexibility index (Phi) is 5.10. The number of anilines is 1. The molecule has 0 spiro atoms. The summed E-state index contributed by atoms with van der Waals surface area (Å²) in [5.41, 5.74) is -0.673. The summed E-state index contributed by atoms with van der Waals surface area (Å²) in [6.45, 7) is 1.68. The lowest BCUT2D eigenvalue weighted by atomic mass is 10.2. The van der Waals surface area contributed by atoms with Crippen molar-refractivity contribution in [2.45, 2.75) is 18.3 Å². The molecule has 0 aromatic heterocycles. The topological polar surface area (TPSA) is 29.1 Å². The van der Waals surface area contributed by atoms with Gasteiger partial charge in [0.05, 0.1) is 10.8 Å². The summed E-state index contributed by atoms with van der Waals surface area (Å²) in [5.74, 6) is -0.321. The maximum Gasteiger partial charge on any atom is 0.417 e. The molecule has 1 amide bonds. The van der Waals surface area contributed by atoms with E-state index in [0.29, 0.717) is 0 Å². The van der Waals surface area contributed by atoms with Gasteiger partial charge < -0.3 is 5.32 Å². The molecule has 0 saturated carbocycles. The van der Waals surface area contributed by atoms with Crippen LogP contribution in [0.2, 0.25) is 0 Å². The molecular weight excluding hydrogens is 331 g/mol. The lowest BCUT2D eigenvalue weighted by Crippen LogP contribution is -2.22. The fraction of sp³-hybridized carbons (Fsp3) is 0.364. The predicted molar refractivity (Wildman–Crippen MR) is 70.8 cm³/mol. The zero-order valence-electron chi connectivity index (χ0n) is 9.64. The van der Waals surface area contributed by atoms with E-state index in [9.17, 15) is 18.0 Å². The first-order valence-corrected chi connectivity index (χ1v) is 7.04. The molecule has 1 unspecified atom stereocenters. The summed E-state index contributed by atoms with van der Waals surface area (Å²) in [6, 6.07) is 3.60. The standard InChI is InChI=1S/C11H11BrF3NOS/c1-6(18-2)10(17)16-7-3-4-9(12)8(5-7)11(13,14)15/h3-6H,1-2H3,(H,16,17). The largest absolute Gasteiger partial charge is 0.417 e. The summed E-state index contributed by atoms with van der Waals surface area (Å²) in [6.07, 6.45) is -2.70. The quantitative estimate of drug-likeness (QED) is 0.894. The molecule has 0 aliphatic rings. The van der Waals surface area contributed by atoms with Crippen molar-refractivity contribution < 1.29 is 18.0 Å². The zero-order valence-corrected chi connectivity index (χ0v) is 12.0. The van der Waals surface area contributed by atoms with E-state index in [-0.39, 0.29) is 21.3 Å². The van der Waals surface area contributed by atoms with Crippen molar-refractivity contribution in [2.75, 3.05) is 11.6 Å². The maximum absolute atomic E-state index is 12.6. The number of rotatable bonds is 3. The number of carbonyl (C=O) groups excluding carboxylic acids is 1. The van der Waals surface area contributed by atoms with Gasteiger partial charge in [-0.15, -0.1) is 0 Å². The van der Waals surface area contributed by atoms with Gasteiger partial charge in [0.1, 0.15) is 0 Å². The fourth-order valence-electron chi connectivity index (χ4n) is 1.17. The Morgan fingerprint density at radius 3 is 2.56 bits per heavy atom. The van der Waals surface area contributed by atoms with Gasteiger partial charge in [-0.05, 0) is 31.4 Å². The lowest BCUT2D eigenvalue weighted by Gasteiger charge is -2.13. The molecule has 7 heteroatoms. The van der Waals surface area contributed by atoms with Gasteiger partial charge in [0.15, 0.2) is 0 Å². The number of halogens is 4. The van der Waals surface area contributed by atoms with Crippen molar-refractivity contribution in [3.05, 3.63) is 28.2 Å². The molecule has 0 heterocycles. The number of benzene rings is 1. The van der Waals surface area contributed by atoms with Gasteiger partial charge in [-0.25, -0.2) is 0 Å². The normalized spacial score (nSPS) is 13.2. The molecule has 0 aliphatic heterocycles. The van der Waals surface area contributed by atoms with Crippen LogP contribution in [-0.2, 0) is 11.0 Å². The van der Waals surface area contributed by atoms with E-state index in [0.717, 1.165) is 6.07 Å². The second-order valence-corrected chi connectivity index (χ2v) is 5.59. The molecule has 2 nitrogen and oxygen atoms in total. The van der Waals surface area contributed by atoms with E-state index >= 15 is 0 Å². The highest BCUT2D eigenvalue weighted by Crippen LogP contribution is 2.36. The highest BCUT2D eigenvalue weighted by atomic mass is 79.9. The minimum atomic E-state index is -4.45. The first-order chi connectivity index (χ1) is 8.25. The molecule has 0 aliphatic carbocycles. The molecule has 1 aromatic rings. The Morgan fingerprint density at radius 2 is 2.06 bits per heavy atom. The minimum absolute atomic E-state index is 0.0501. The van der Waals surface area contributed by atoms with Crippen LogP contribution in [0.4, 0.5) is 18.9 Å². The van der Waals surface area contributed by atoms with Crippen LogP contribution in [0.5, 0.6) is 0 Å². The van der Waals surface area contributed by atoms with Crippen molar-refractivity contribution in [2.24, 2.45) is 0 Å². The van der Waals surface area contributed by atoms with E-state index in [1.54, 1.807) is 13.2 Å². The Balaban J connectivity index is 2.96. The summed E-state index contributed by atoms with van der Waals surface area (Å²) < 4.78 is 37.9. The van der Waals surface area contributed by atoms with E-state index in [2.05, 4.69) is 21.2 Å². The molecule has 0 radical (unpaired) electrons. The van der Waals surface area contributed by atoms with Gasteiger partial charge in [-0.3, -0.25) is 4.79 Å². The molecule has 18 heavy (non-hydrogen) atoms. The van der Waals surface area contributed by atoms with Gasteiger partial charge in [-0.1, -0.05) is 15.9 Å². The van der Waals surface area contributed by atoms with Gasteiger partial charge in [-0.2, -0.15) is 24.9 Å². The summed E-state index contributed by atoms with van der Waals surface area (Å²) in [7, 11) is 0. The summed E-state index contributed by atoms with van der Waals surface area (Å²) in [5, 5.41) is 2.14. The van der Waals surface area contributed by atoms with Crippen LogP contribution >= 0.6 is 27.7 Å². The number of carbonyl (C=O) groups is 1. The van der Waals surface area contributed by atoms with Crippen molar-refractivity contribution in [1.82, 2.24) is 0 Å². The summed E-state index contributed by atoms with van der Waals surface area (Å²) in [4.78, 5) is 11.6. The number of thioether (sulfide) groups is 1. The third-order valence-corrected chi connectivity index (χ3v) is 3.87. The number of hydrogen-bond donors (Lipinski definition) is 1. The van der Waals surface area contributed by atoms with Gasteiger partial charge in [0, 0.05) is 10.2 Å². The average Bonchev–Trinajstić information content (AvgIpc) is 2.29. The maximum atomic E-state index is 12.6. The zero-order chi connectivity index (χ0) is 13.9. The summed E-state index contributed by atoms with van der Waals surface area (Å²) >= 11 is 4.16. The fourth-order valence-corrected chi connectivity index (χ4v) is 1.92. The van der Waals surface area contributed by atoms with Crippen LogP contribution < -0.4 is 5.32 Å². The van der Waals surface area contributed by atoms with E-state index in [4.69, 9.17) is 0 Å². The van der Waals surface area contributed by atoms with Crippen molar-refractivity contribution in [3.8, 4) is 0 Å². The molecule has 1 N–H and O–H groups in total. The SMILES string of the molecule is CSC(C)C(=O)Nc1ccc(Br)c(C(F)(F)F)c1. The van der Waals surface area contributed by atoms with Crippen molar-refractivity contribution in [3.63, 3.8) is 0 Å². The molecule has 1 atom stereocenters. The molecule has 0 bridgehead atoms. The lowest BCUT2D eigenvalue weighted by molar-refractivity contribution is -0.138. The highest BCUT2D eigenvalue weighted by molar-refractivity contribution is 9.10.